The molecule has 1 saturated heterocycles. The van der Waals surface area contributed by atoms with Crippen LogP contribution < -0.4 is 10.1 Å². The first-order valence-corrected chi connectivity index (χ1v) is 8.61. The molecule has 6 nitrogen and oxygen atoms in total. The molecule has 6 heteroatoms. The molecule has 1 fully saturated rings. The van der Waals surface area contributed by atoms with Crippen molar-refractivity contribution in [3.8, 4) is 5.75 Å². The fourth-order valence-corrected chi connectivity index (χ4v) is 2.75. The summed E-state index contributed by atoms with van der Waals surface area (Å²) in [6, 6.07) is 18.9. The van der Waals surface area contributed by atoms with Gasteiger partial charge >= 0.3 is 0 Å². The maximum absolute atomic E-state index is 12.4. The third kappa shape index (κ3) is 5.07. The molecule has 1 N–H and O–H groups in total. The zero-order valence-electron chi connectivity index (χ0n) is 14.5. The van der Waals surface area contributed by atoms with Gasteiger partial charge in [-0.1, -0.05) is 48.5 Å². The van der Waals surface area contributed by atoms with Crippen LogP contribution in [-0.2, 0) is 14.3 Å². The highest BCUT2D eigenvalue weighted by Gasteiger charge is 2.25. The molecule has 26 heavy (non-hydrogen) atoms. The third-order valence-electron chi connectivity index (χ3n) is 4.14. The van der Waals surface area contributed by atoms with Crippen LogP contribution in [0.1, 0.15) is 11.7 Å². The van der Waals surface area contributed by atoms with Gasteiger partial charge in [-0.25, -0.2) is 0 Å². The number of amides is 2. The molecule has 0 aromatic heterocycles. The first kappa shape index (κ1) is 17.9. The van der Waals surface area contributed by atoms with Crippen molar-refractivity contribution in [2.75, 3.05) is 32.8 Å². The lowest BCUT2D eigenvalue weighted by Crippen LogP contribution is -2.47. The fourth-order valence-electron chi connectivity index (χ4n) is 2.75. The number of rotatable bonds is 6. The Labute approximate surface area is 152 Å². The molecule has 1 aliphatic heterocycles. The van der Waals surface area contributed by atoms with Gasteiger partial charge in [0.1, 0.15) is 11.9 Å². The predicted molar refractivity (Wildman–Crippen MR) is 96.7 cm³/mol. The summed E-state index contributed by atoms with van der Waals surface area (Å²) in [5.41, 5.74) is 1.05. The number of benzene rings is 2. The van der Waals surface area contributed by atoms with Crippen LogP contribution in [0.15, 0.2) is 60.7 Å². The molecule has 2 aromatic carbocycles. The summed E-state index contributed by atoms with van der Waals surface area (Å²) >= 11 is 0. The summed E-state index contributed by atoms with van der Waals surface area (Å²) in [4.78, 5) is 25.9. The molecule has 1 atom stereocenters. The van der Waals surface area contributed by atoms with Crippen LogP contribution in [0.2, 0.25) is 0 Å². The Morgan fingerprint density at radius 1 is 1.08 bits per heavy atom. The van der Waals surface area contributed by atoms with E-state index in [9.17, 15) is 9.59 Å². The van der Waals surface area contributed by atoms with Crippen LogP contribution in [-0.4, -0.2) is 49.6 Å². The van der Waals surface area contributed by atoms with Crippen molar-refractivity contribution in [2.24, 2.45) is 0 Å². The Hall–Kier alpha value is -2.86. The molecular weight excluding hydrogens is 332 g/mol. The molecule has 0 unspecified atom stereocenters. The van der Waals surface area contributed by atoms with Gasteiger partial charge in [0, 0.05) is 6.54 Å². The third-order valence-corrected chi connectivity index (χ3v) is 4.14. The van der Waals surface area contributed by atoms with Crippen LogP contribution in [0.25, 0.3) is 0 Å². The van der Waals surface area contributed by atoms with E-state index in [0.29, 0.717) is 25.4 Å². The fraction of sp³-hybridized carbons (Fsp3) is 0.300. The van der Waals surface area contributed by atoms with E-state index < -0.39 is 0 Å². The van der Waals surface area contributed by atoms with Crippen LogP contribution in [0.3, 0.4) is 0 Å². The average Bonchev–Trinajstić information content (AvgIpc) is 2.72. The van der Waals surface area contributed by atoms with Gasteiger partial charge in [0.05, 0.1) is 19.7 Å². The first-order valence-electron chi connectivity index (χ1n) is 8.61. The lowest BCUT2D eigenvalue weighted by Gasteiger charge is -2.33. The number of carbonyl (C=O) groups excluding carboxylic acids is 2. The van der Waals surface area contributed by atoms with Crippen molar-refractivity contribution in [2.45, 2.75) is 6.10 Å². The summed E-state index contributed by atoms with van der Waals surface area (Å²) in [5.74, 6) is 0.172. The van der Waals surface area contributed by atoms with E-state index in [2.05, 4.69) is 5.32 Å². The lowest BCUT2D eigenvalue weighted by molar-refractivity contribution is -0.139. The van der Waals surface area contributed by atoms with E-state index in [0.717, 1.165) is 5.56 Å². The van der Waals surface area contributed by atoms with Gasteiger partial charge in [0.2, 0.25) is 5.91 Å². The zero-order chi connectivity index (χ0) is 18.2. The Balaban J connectivity index is 1.43. The molecule has 136 valence electrons. The molecule has 0 radical (unpaired) electrons. The predicted octanol–water partition coefficient (Wildman–Crippen LogP) is 1.78. The maximum atomic E-state index is 12.4. The van der Waals surface area contributed by atoms with Crippen LogP contribution >= 0.6 is 0 Å². The summed E-state index contributed by atoms with van der Waals surface area (Å²) in [7, 11) is 0. The van der Waals surface area contributed by atoms with Crippen molar-refractivity contribution in [1.29, 1.82) is 0 Å². The molecule has 0 bridgehead atoms. The number of ether oxygens (including phenoxy) is 2. The molecule has 0 spiro atoms. The maximum Gasteiger partial charge on any atom is 0.258 e. The van der Waals surface area contributed by atoms with Crippen LogP contribution in [0, 0.1) is 0 Å². The van der Waals surface area contributed by atoms with Crippen molar-refractivity contribution in [3.05, 3.63) is 66.2 Å². The molecule has 1 heterocycles. The second-order valence-corrected chi connectivity index (χ2v) is 5.99. The summed E-state index contributed by atoms with van der Waals surface area (Å²) in [6.45, 7) is 1.33. The number of nitrogens with zero attached hydrogens (tertiary/aromatic N) is 1. The Morgan fingerprint density at radius 3 is 2.50 bits per heavy atom. The molecule has 2 aromatic rings. The quantitative estimate of drug-likeness (QED) is 0.859. The van der Waals surface area contributed by atoms with E-state index in [-0.39, 0.29) is 31.1 Å². The summed E-state index contributed by atoms with van der Waals surface area (Å²) in [6.07, 6.45) is -0.133. The Bertz CT molecular complexity index is 721. The Kier molecular flexibility index (Phi) is 6.22. The highest BCUT2D eigenvalue weighted by molar-refractivity contribution is 5.85. The van der Waals surface area contributed by atoms with E-state index in [1.54, 1.807) is 17.0 Å². The molecule has 1 aliphatic rings. The smallest absolute Gasteiger partial charge is 0.258 e. The minimum atomic E-state index is -0.324. The van der Waals surface area contributed by atoms with Gasteiger partial charge in [0.25, 0.3) is 5.91 Å². The second-order valence-electron chi connectivity index (χ2n) is 5.99. The van der Waals surface area contributed by atoms with Crippen LogP contribution in [0.5, 0.6) is 5.75 Å². The Morgan fingerprint density at radius 2 is 1.77 bits per heavy atom. The number of nitrogens with one attached hydrogen (secondary N) is 1. The van der Waals surface area contributed by atoms with Gasteiger partial charge in [0.15, 0.2) is 6.61 Å². The number of para-hydroxylation sites is 1. The molecule has 3 rings (SSSR count). The van der Waals surface area contributed by atoms with Crippen molar-refractivity contribution in [1.82, 2.24) is 10.2 Å². The zero-order valence-corrected chi connectivity index (χ0v) is 14.5. The van der Waals surface area contributed by atoms with Gasteiger partial charge in [-0.15, -0.1) is 0 Å². The standard InChI is InChI=1S/C20H22N2O4/c23-19(15-26-17-9-5-2-6-10-17)21-13-20(24)22-11-12-25-18(14-22)16-7-3-1-4-8-16/h1-10,18H,11-15H2,(H,21,23)/t18-/m0/s1. The van der Waals surface area contributed by atoms with E-state index in [4.69, 9.17) is 9.47 Å². The van der Waals surface area contributed by atoms with Crippen molar-refractivity contribution >= 4 is 11.8 Å². The van der Waals surface area contributed by atoms with Crippen molar-refractivity contribution < 1.29 is 19.1 Å². The second kappa shape index (κ2) is 9.01. The minimum absolute atomic E-state index is 0.0432. The highest BCUT2D eigenvalue weighted by atomic mass is 16.5. The summed E-state index contributed by atoms with van der Waals surface area (Å²) in [5, 5.41) is 2.61. The molecule has 0 aliphatic carbocycles. The van der Waals surface area contributed by atoms with Crippen molar-refractivity contribution in [3.63, 3.8) is 0 Å². The monoisotopic (exact) mass is 354 g/mol. The molecule has 2 amide bonds. The van der Waals surface area contributed by atoms with Crippen LogP contribution in [0.4, 0.5) is 0 Å². The van der Waals surface area contributed by atoms with E-state index >= 15 is 0 Å². The summed E-state index contributed by atoms with van der Waals surface area (Å²) < 4.78 is 11.1. The molecule has 0 saturated carbocycles. The molecular formula is C20H22N2O4. The van der Waals surface area contributed by atoms with Gasteiger partial charge in [-0.2, -0.15) is 0 Å². The largest absolute Gasteiger partial charge is 0.484 e. The van der Waals surface area contributed by atoms with Gasteiger partial charge in [-0.05, 0) is 17.7 Å². The van der Waals surface area contributed by atoms with Gasteiger partial charge in [-0.3, -0.25) is 9.59 Å². The number of hydrogen-bond acceptors (Lipinski definition) is 4. The van der Waals surface area contributed by atoms with E-state index in [1.807, 2.05) is 48.5 Å². The lowest BCUT2D eigenvalue weighted by atomic mass is 10.1. The topological polar surface area (TPSA) is 67.9 Å². The average molecular weight is 354 g/mol. The number of carbonyl (C=O) groups is 2. The normalized spacial score (nSPS) is 16.8. The SMILES string of the molecule is O=C(COc1ccccc1)NCC(=O)N1CCO[C@H](c2ccccc2)C1. The van der Waals surface area contributed by atoms with E-state index in [1.165, 1.54) is 0 Å². The highest BCUT2D eigenvalue weighted by Crippen LogP contribution is 2.21. The van der Waals surface area contributed by atoms with Gasteiger partial charge < -0.3 is 19.7 Å². The number of morpholine rings is 1. The first-order chi connectivity index (χ1) is 12.7. The minimum Gasteiger partial charge on any atom is -0.484 e. The number of hydrogen-bond donors (Lipinski definition) is 1.